The molecule has 3 aromatic heterocycles. The van der Waals surface area contributed by atoms with Crippen molar-refractivity contribution >= 4 is 5.95 Å². The molecule has 0 atom stereocenters. The molecule has 1 aliphatic rings. The summed E-state index contributed by atoms with van der Waals surface area (Å²) in [6.45, 7) is 2.51. The highest BCUT2D eigenvalue weighted by Crippen LogP contribution is 2.37. The molecule has 33 heavy (non-hydrogen) atoms. The molecule has 5 rings (SSSR count). The Hall–Kier alpha value is -4.20. The number of aromatic nitrogens is 7. The molecule has 4 heterocycles. The van der Waals surface area contributed by atoms with Gasteiger partial charge in [-0.1, -0.05) is 17.3 Å². The summed E-state index contributed by atoms with van der Waals surface area (Å²) in [7, 11) is 0. The minimum absolute atomic E-state index is 0.0582. The second kappa shape index (κ2) is 7.74. The van der Waals surface area contributed by atoms with Crippen molar-refractivity contribution < 1.29 is 8.78 Å². The highest BCUT2D eigenvalue weighted by Gasteiger charge is 2.38. The van der Waals surface area contributed by atoms with Crippen LogP contribution < -0.4 is 5.73 Å². The number of halogens is 2. The number of nitrogens with two attached hydrogens (primary N) is 1. The number of anilines is 1. The van der Waals surface area contributed by atoms with Crippen molar-refractivity contribution in [2.75, 3.05) is 5.73 Å². The summed E-state index contributed by atoms with van der Waals surface area (Å²) >= 11 is 0. The van der Waals surface area contributed by atoms with E-state index >= 15 is 0 Å². The lowest BCUT2D eigenvalue weighted by Gasteiger charge is -2.22. The molecule has 0 bridgehead atoms. The van der Waals surface area contributed by atoms with Gasteiger partial charge in [0.15, 0.2) is 0 Å². The predicted molar refractivity (Wildman–Crippen MR) is 115 cm³/mol. The van der Waals surface area contributed by atoms with Gasteiger partial charge in [0, 0.05) is 18.5 Å². The number of benzene rings is 1. The van der Waals surface area contributed by atoms with Crippen LogP contribution in [0.25, 0.3) is 22.6 Å². The average Bonchev–Trinajstić information content (AvgIpc) is 3.41. The normalized spacial score (nSPS) is 14.6. The summed E-state index contributed by atoms with van der Waals surface area (Å²) in [6.07, 6.45) is 1.88. The molecule has 0 saturated carbocycles. The van der Waals surface area contributed by atoms with Crippen molar-refractivity contribution in [3.8, 4) is 28.7 Å². The number of aryl methyl sites for hydroxylation is 1. The molecular formula is C22H19F2N9. The van der Waals surface area contributed by atoms with E-state index in [1.54, 1.807) is 24.4 Å². The van der Waals surface area contributed by atoms with Gasteiger partial charge < -0.3 is 5.73 Å². The molecule has 11 heteroatoms. The van der Waals surface area contributed by atoms with E-state index < -0.39 is 5.92 Å². The predicted octanol–water partition coefficient (Wildman–Crippen LogP) is 3.29. The average molecular weight is 447 g/mol. The zero-order chi connectivity index (χ0) is 23.2. The van der Waals surface area contributed by atoms with Crippen LogP contribution in [0.3, 0.4) is 0 Å². The van der Waals surface area contributed by atoms with Gasteiger partial charge in [0.1, 0.15) is 11.4 Å². The molecule has 166 valence electrons. The van der Waals surface area contributed by atoms with Crippen LogP contribution in [-0.4, -0.2) is 34.7 Å². The van der Waals surface area contributed by atoms with Crippen LogP contribution in [0.4, 0.5) is 14.7 Å². The van der Waals surface area contributed by atoms with Gasteiger partial charge in [0.05, 0.1) is 41.5 Å². The molecule has 9 nitrogen and oxygen atoms in total. The Balaban J connectivity index is 1.44. The zero-order valence-electron chi connectivity index (χ0n) is 17.7. The maximum Gasteiger partial charge on any atom is 0.289 e. The van der Waals surface area contributed by atoms with E-state index in [1.807, 2.05) is 13.0 Å². The smallest absolute Gasteiger partial charge is 0.289 e. The van der Waals surface area contributed by atoms with E-state index in [-0.39, 0.29) is 24.6 Å². The van der Waals surface area contributed by atoms with Crippen molar-refractivity contribution in [3.63, 3.8) is 0 Å². The van der Waals surface area contributed by atoms with Crippen molar-refractivity contribution in [1.29, 1.82) is 5.26 Å². The van der Waals surface area contributed by atoms with Crippen LogP contribution in [0, 0.1) is 18.3 Å². The molecule has 1 aliphatic heterocycles. The highest BCUT2D eigenvalue weighted by atomic mass is 19.3. The Morgan fingerprint density at radius 3 is 2.79 bits per heavy atom. The first-order valence-electron chi connectivity index (χ1n) is 10.3. The summed E-state index contributed by atoms with van der Waals surface area (Å²) in [5, 5.41) is 21.9. The lowest BCUT2D eigenvalue weighted by atomic mass is 10.00. The number of hydrogen-bond donors (Lipinski definition) is 1. The fourth-order valence-corrected chi connectivity index (χ4v) is 4.02. The molecule has 0 unspecified atom stereocenters. The van der Waals surface area contributed by atoms with Crippen molar-refractivity contribution in [2.45, 2.75) is 38.8 Å². The molecular weight excluding hydrogens is 428 g/mol. The van der Waals surface area contributed by atoms with Crippen molar-refractivity contribution in [3.05, 3.63) is 59.0 Å². The minimum Gasteiger partial charge on any atom is -0.368 e. The number of nitrogen functional groups attached to an aromatic ring is 1. The van der Waals surface area contributed by atoms with Gasteiger partial charge in [-0.25, -0.2) is 14.6 Å². The molecule has 2 N–H and O–H groups in total. The Labute approximate surface area is 187 Å². The van der Waals surface area contributed by atoms with Crippen LogP contribution in [0.15, 0.2) is 36.5 Å². The third kappa shape index (κ3) is 3.80. The van der Waals surface area contributed by atoms with Crippen LogP contribution in [0.1, 0.15) is 35.4 Å². The Kier molecular flexibility index (Phi) is 4.85. The van der Waals surface area contributed by atoms with E-state index in [2.05, 4.69) is 31.4 Å². The minimum atomic E-state index is -2.87. The standard InChI is InChI=1S/C22H19F2N9/c1-13-14(10-25)4-2-5-16(13)17-9-18(28-21(26)27-17)19-12-32(31-29-19)11-15-8-20-22(23,24)6-3-7-33(20)30-15/h2,4-5,8-9,12H,3,6-7,11H2,1H3,(H2,26,27,28). The van der Waals surface area contributed by atoms with Gasteiger partial charge in [-0.3, -0.25) is 4.68 Å². The summed E-state index contributed by atoms with van der Waals surface area (Å²) < 4.78 is 31.1. The van der Waals surface area contributed by atoms with Crippen LogP contribution in [0.2, 0.25) is 0 Å². The summed E-state index contributed by atoms with van der Waals surface area (Å²) in [4.78, 5) is 8.57. The number of nitrogens with zero attached hydrogens (tertiary/aromatic N) is 8. The third-order valence-corrected chi connectivity index (χ3v) is 5.66. The fourth-order valence-electron chi connectivity index (χ4n) is 4.02. The lowest BCUT2D eigenvalue weighted by Crippen LogP contribution is -2.25. The zero-order valence-corrected chi connectivity index (χ0v) is 17.7. The largest absolute Gasteiger partial charge is 0.368 e. The number of alkyl halides is 2. The topological polar surface area (TPSA) is 124 Å². The SMILES string of the molecule is Cc1c(C#N)cccc1-c1cc(-c2cn(Cc3cc4n(n3)CCCC4(F)F)nn2)nc(N)n1. The molecule has 1 aromatic carbocycles. The van der Waals surface area contributed by atoms with Gasteiger partial charge in [0.2, 0.25) is 5.95 Å². The van der Waals surface area contributed by atoms with E-state index in [1.165, 1.54) is 15.4 Å². The van der Waals surface area contributed by atoms with Crippen molar-refractivity contribution in [2.24, 2.45) is 0 Å². The monoisotopic (exact) mass is 447 g/mol. The molecule has 4 aromatic rings. The number of hydrogen-bond acceptors (Lipinski definition) is 7. The Morgan fingerprint density at radius 2 is 2.00 bits per heavy atom. The lowest BCUT2D eigenvalue weighted by molar-refractivity contribution is -0.0364. The van der Waals surface area contributed by atoms with E-state index in [0.29, 0.717) is 41.3 Å². The summed E-state index contributed by atoms with van der Waals surface area (Å²) in [5.41, 5.74) is 9.93. The van der Waals surface area contributed by atoms with Gasteiger partial charge in [-0.2, -0.15) is 19.1 Å². The molecule has 0 fully saturated rings. The first kappa shape index (κ1) is 20.7. The third-order valence-electron chi connectivity index (χ3n) is 5.66. The molecule has 0 saturated heterocycles. The number of fused-ring (bicyclic) bond motifs is 1. The quantitative estimate of drug-likeness (QED) is 0.509. The molecule has 0 radical (unpaired) electrons. The second-order valence-electron chi connectivity index (χ2n) is 7.94. The first-order chi connectivity index (χ1) is 15.8. The number of rotatable bonds is 4. The summed E-state index contributed by atoms with van der Waals surface area (Å²) in [5.74, 6) is -2.81. The van der Waals surface area contributed by atoms with Crippen molar-refractivity contribution in [1.82, 2.24) is 34.7 Å². The first-order valence-corrected chi connectivity index (χ1v) is 10.3. The maximum atomic E-state index is 14.1. The van der Waals surface area contributed by atoms with Crippen LogP contribution >= 0.6 is 0 Å². The van der Waals surface area contributed by atoms with Crippen LogP contribution in [-0.2, 0) is 19.0 Å². The molecule has 0 amide bonds. The Morgan fingerprint density at radius 1 is 1.18 bits per heavy atom. The summed E-state index contributed by atoms with van der Waals surface area (Å²) in [6, 6.07) is 10.7. The van der Waals surface area contributed by atoms with Gasteiger partial charge in [0.25, 0.3) is 5.92 Å². The fraction of sp³-hybridized carbons (Fsp3) is 0.273. The highest BCUT2D eigenvalue weighted by molar-refractivity contribution is 5.71. The number of nitriles is 1. The second-order valence-corrected chi connectivity index (χ2v) is 7.94. The molecule has 0 spiro atoms. The van der Waals surface area contributed by atoms with Gasteiger partial charge in [-0.05, 0) is 37.1 Å². The van der Waals surface area contributed by atoms with Crippen LogP contribution in [0.5, 0.6) is 0 Å². The Bertz CT molecular complexity index is 1400. The molecule has 0 aliphatic carbocycles. The van der Waals surface area contributed by atoms with E-state index in [4.69, 9.17) is 5.73 Å². The van der Waals surface area contributed by atoms with Gasteiger partial charge in [-0.15, -0.1) is 5.10 Å². The van der Waals surface area contributed by atoms with E-state index in [9.17, 15) is 14.0 Å². The maximum absolute atomic E-state index is 14.1. The van der Waals surface area contributed by atoms with Gasteiger partial charge >= 0.3 is 0 Å². The van der Waals surface area contributed by atoms with E-state index in [0.717, 1.165) is 11.1 Å².